The summed E-state index contributed by atoms with van der Waals surface area (Å²) in [6.07, 6.45) is 14.2. The van der Waals surface area contributed by atoms with E-state index >= 15 is 0 Å². The molecule has 0 N–H and O–H groups in total. The normalized spacial score (nSPS) is 21.0. The van der Waals surface area contributed by atoms with Gasteiger partial charge in [0.05, 0.1) is 12.7 Å². The van der Waals surface area contributed by atoms with Gasteiger partial charge in [-0.2, -0.15) is 0 Å². The van der Waals surface area contributed by atoms with Gasteiger partial charge in [0.2, 0.25) is 0 Å². The SMILES string of the molecule is CCCCCC(C)C(C)c1cc(OC)c2c(c1)OC(C)(C)C=C2C1CCCCC1. The molecule has 2 atom stereocenters. The summed E-state index contributed by atoms with van der Waals surface area (Å²) in [6.45, 7) is 11.4. The molecular formula is C27H42O2. The van der Waals surface area contributed by atoms with Gasteiger partial charge in [-0.25, -0.2) is 0 Å². The van der Waals surface area contributed by atoms with Crippen LogP contribution in [0.4, 0.5) is 0 Å². The maximum atomic E-state index is 6.50. The van der Waals surface area contributed by atoms with Crippen molar-refractivity contribution in [2.24, 2.45) is 11.8 Å². The van der Waals surface area contributed by atoms with Crippen molar-refractivity contribution in [1.29, 1.82) is 0 Å². The van der Waals surface area contributed by atoms with Crippen molar-refractivity contribution >= 4 is 5.57 Å². The van der Waals surface area contributed by atoms with Gasteiger partial charge in [0, 0.05) is 0 Å². The lowest BCUT2D eigenvalue weighted by Crippen LogP contribution is -2.31. The molecule has 0 saturated heterocycles. The van der Waals surface area contributed by atoms with E-state index < -0.39 is 0 Å². The van der Waals surface area contributed by atoms with Crippen LogP contribution in [0.15, 0.2) is 18.2 Å². The largest absolute Gasteiger partial charge is 0.496 e. The molecule has 0 bridgehead atoms. The van der Waals surface area contributed by atoms with Gasteiger partial charge < -0.3 is 9.47 Å². The van der Waals surface area contributed by atoms with Crippen LogP contribution in [-0.4, -0.2) is 12.7 Å². The van der Waals surface area contributed by atoms with E-state index in [1.54, 1.807) is 0 Å². The number of benzene rings is 1. The molecule has 2 unspecified atom stereocenters. The highest BCUT2D eigenvalue weighted by molar-refractivity contribution is 5.79. The molecule has 1 fully saturated rings. The smallest absolute Gasteiger partial charge is 0.132 e. The minimum atomic E-state index is -0.264. The molecular weight excluding hydrogens is 356 g/mol. The molecule has 2 aliphatic rings. The molecule has 1 aromatic rings. The van der Waals surface area contributed by atoms with E-state index in [4.69, 9.17) is 9.47 Å². The Kier molecular flexibility index (Phi) is 7.35. The molecule has 1 aliphatic heterocycles. The van der Waals surface area contributed by atoms with Crippen molar-refractivity contribution in [3.8, 4) is 11.5 Å². The number of ether oxygens (including phenoxy) is 2. The third-order valence-electron chi connectivity index (χ3n) is 7.16. The Morgan fingerprint density at radius 1 is 1.10 bits per heavy atom. The van der Waals surface area contributed by atoms with Crippen molar-refractivity contribution in [3.05, 3.63) is 29.3 Å². The highest BCUT2D eigenvalue weighted by atomic mass is 16.5. The zero-order valence-electron chi connectivity index (χ0n) is 19.6. The molecule has 0 aromatic heterocycles. The Balaban J connectivity index is 1.95. The Bertz CT molecular complexity index is 709. The Morgan fingerprint density at radius 2 is 1.83 bits per heavy atom. The van der Waals surface area contributed by atoms with E-state index in [0.29, 0.717) is 17.8 Å². The van der Waals surface area contributed by atoms with Crippen LogP contribution in [0, 0.1) is 11.8 Å². The second-order valence-corrected chi connectivity index (χ2v) is 10.00. The summed E-state index contributed by atoms with van der Waals surface area (Å²) in [7, 11) is 1.81. The third kappa shape index (κ3) is 5.19. The van der Waals surface area contributed by atoms with Crippen LogP contribution >= 0.6 is 0 Å². The predicted octanol–water partition coefficient (Wildman–Crippen LogP) is 8.15. The second kappa shape index (κ2) is 9.58. The summed E-state index contributed by atoms with van der Waals surface area (Å²) >= 11 is 0. The van der Waals surface area contributed by atoms with E-state index in [-0.39, 0.29) is 5.60 Å². The lowest BCUT2D eigenvalue weighted by atomic mass is 9.77. The fourth-order valence-electron chi connectivity index (χ4n) is 5.19. The Hall–Kier alpha value is -1.44. The monoisotopic (exact) mass is 398 g/mol. The van der Waals surface area contributed by atoms with E-state index in [9.17, 15) is 0 Å². The van der Waals surface area contributed by atoms with Crippen LogP contribution in [0.3, 0.4) is 0 Å². The van der Waals surface area contributed by atoms with E-state index in [2.05, 4.69) is 52.8 Å². The molecule has 1 aromatic carbocycles. The zero-order chi connectivity index (χ0) is 21.0. The average molecular weight is 399 g/mol. The molecule has 3 rings (SSSR count). The lowest BCUT2D eigenvalue weighted by Gasteiger charge is -2.36. The number of hydrogen-bond acceptors (Lipinski definition) is 2. The number of unbranched alkanes of at least 4 members (excludes halogenated alkanes) is 2. The van der Waals surface area contributed by atoms with E-state index in [1.165, 1.54) is 74.5 Å². The fraction of sp³-hybridized carbons (Fsp3) is 0.704. The van der Waals surface area contributed by atoms with Crippen LogP contribution in [0.25, 0.3) is 5.57 Å². The highest BCUT2D eigenvalue weighted by Crippen LogP contribution is 2.49. The topological polar surface area (TPSA) is 18.5 Å². The first kappa shape index (κ1) is 22.2. The number of fused-ring (bicyclic) bond motifs is 1. The maximum absolute atomic E-state index is 6.50. The van der Waals surface area contributed by atoms with Gasteiger partial charge in [-0.05, 0) is 73.8 Å². The number of allylic oxidation sites excluding steroid dienone is 1. The van der Waals surface area contributed by atoms with Gasteiger partial charge in [-0.15, -0.1) is 0 Å². The standard InChI is InChI=1S/C27H42O2/c1-7-8-10-13-19(2)20(3)22-16-24(28-6)26-23(21-14-11-9-12-15-21)18-27(4,5)29-25(26)17-22/h16-21H,7-15H2,1-6H3. The van der Waals surface area contributed by atoms with Crippen molar-refractivity contribution in [2.75, 3.05) is 7.11 Å². The molecule has 1 heterocycles. The minimum absolute atomic E-state index is 0.264. The van der Waals surface area contributed by atoms with Crippen LogP contribution in [0.5, 0.6) is 11.5 Å². The summed E-state index contributed by atoms with van der Waals surface area (Å²) in [6, 6.07) is 4.61. The molecule has 0 amide bonds. The van der Waals surface area contributed by atoms with Crippen molar-refractivity contribution in [1.82, 2.24) is 0 Å². The lowest BCUT2D eigenvalue weighted by molar-refractivity contribution is 0.155. The summed E-state index contributed by atoms with van der Waals surface area (Å²) in [4.78, 5) is 0. The second-order valence-electron chi connectivity index (χ2n) is 10.00. The molecule has 0 spiro atoms. The van der Waals surface area contributed by atoms with E-state index in [0.717, 1.165) is 11.5 Å². The minimum Gasteiger partial charge on any atom is -0.496 e. The van der Waals surface area contributed by atoms with Gasteiger partial charge in [-0.1, -0.05) is 65.7 Å². The fourth-order valence-corrected chi connectivity index (χ4v) is 5.19. The number of rotatable bonds is 8. The van der Waals surface area contributed by atoms with E-state index in [1.807, 2.05) is 7.11 Å². The molecule has 2 nitrogen and oxygen atoms in total. The molecule has 162 valence electrons. The Morgan fingerprint density at radius 3 is 2.48 bits per heavy atom. The summed E-state index contributed by atoms with van der Waals surface area (Å²) in [5.74, 6) is 3.82. The van der Waals surface area contributed by atoms with Crippen LogP contribution < -0.4 is 9.47 Å². The number of methoxy groups -OCH3 is 1. The summed E-state index contributed by atoms with van der Waals surface area (Å²) in [5.41, 5.74) is 3.76. The average Bonchev–Trinajstić information content (AvgIpc) is 2.71. The summed E-state index contributed by atoms with van der Waals surface area (Å²) < 4.78 is 12.4. The first-order valence-electron chi connectivity index (χ1n) is 12.0. The zero-order valence-corrected chi connectivity index (χ0v) is 19.6. The first-order valence-corrected chi connectivity index (χ1v) is 12.0. The number of hydrogen-bond donors (Lipinski definition) is 0. The summed E-state index contributed by atoms with van der Waals surface area (Å²) in [5, 5.41) is 0. The van der Waals surface area contributed by atoms with Gasteiger partial charge in [-0.3, -0.25) is 0 Å². The Labute approximate surface area is 179 Å². The molecule has 2 heteroatoms. The van der Waals surface area contributed by atoms with Crippen LogP contribution in [-0.2, 0) is 0 Å². The predicted molar refractivity (Wildman–Crippen MR) is 124 cm³/mol. The van der Waals surface area contributed by atoms with Crippen LogP contribution in [0.2, 0.25) is 0 Å². The molecule has 0 radical (unpaired) electrons. The maximum Gasteiger partial charge on any atom is 0.132 e. The molecule has 1 saturated carbocycles. The third-order valence-corrected chi connectivity index (χ3v) is 7.16. The quantitative estimate of drug-likeness (QED) is 0.411. The first-order chi connectivity index (χ1) is 13.9. The van der Waals surface area contributed by atoms with Gasteiger partial charge in [0.25, 0.3) is 0 Å². The van der Waals surface area contributed by atoms with Gasteiger partial charge >= 0.3 is 0 Å². The van der Waals surface area contributed by atoms with Crippen molar-refractivity contribution in [2.45, 2.75) is 104 Å². The van der Waals surface area contributed by atoms with Crippen molar-refractivity contribution in [3.63, 3.8) is 0 Å². The van der Waals surface area contributed by atoms with Gasteiger partial charge in [0.15, 0.2) is 0 Å². The van der Waals surface area contributed by atoms with Crippen LogP contribution in [0.1, 0.15) is 109 Å². The van der Waals surface area contributed by atoms with Gasteiger partial charge in [0.1, 0.15) is 17.1 Å². The molecule has 1 aliphatic carbocycles. The van der Waals surface area contributed by atoms with Crippen molar-refractivity contribution < 1.29 is 9.47 Å². The highest BCUT2D eigenvalue weighted by Gasteiger charge is 2.34. The molecule has 29 heavy (non-hydrogen) atoms.